The van der Waals surface area contributed by atoms with E-state index in [9.17, 15) is 31.5 Å². The molecular formula is C24H19F3N2O6S. The zero-order chi connectivity index (χ0) is 26.3. The van der Waals surface area contributed by atoms with Gasteiger partial charge in [-0.25, -0.2) is 22.5 Å². The van der Waals surface area contributed by atoms with Gasteiger partial charge in [0.15, 0.2) is 12.0 Å². The predicted molar refractivity (Wildman–Crippen MR) is 124 cm³/mol. The Labute approximate surface area is 203 Å². The largest absolute Gasteiger partial charge is 0.573 e. The van der Waals surface area contributed by atoms with Crippen molar-refractivity contribution in [1.82, 2.24) is 4.98 Å². The zero-order valence-electron chi connectivity index (χ0n) is 18.9. The van der Waals surface area contributed by atoms with E-state index in [4.69, 9.17) is 4.42 Å². The number of benzene rings is 3. The normalized spacial score (nSPS) is 12.2. The second kappa shape index (κ2) is 9.19. The minimum absolute atomic E-state index is 0.0165. The summed E-state index contributed by atoms with van der Waals surface area (Å²) in [6.07, 6.45) is -3.74. The van der Waals surface area contributed by atoms with Gasteiger partial charge in [0.2, 0.25) is 0 Å². The summed E-state index contributed by atoms with van der Waals surface area (Å²) in [7, 11) is -4.46. The van der Waals surface area contributed by atoms with E-state index in [0.29, 0.717) is 16.7 Å². The molecule has 3 aromatic carbocycles. The lowest BCUT2D eigenvalue weighted by molar-refractivity contribution is -0.274. The lowest BCUT2D eigenvalue weighted by Gasteiger charge is -2.25. The number of aromatic carboxylic acids is 1. The number of fused-ring (bicyclic) bond motifs is 1. The van der Waals surface area contributed by atoms with Crippen LogP contribution in [0.3, 0.4) is 0 Å². The zero-order valence-corrected chi connectivity index (χ0v) is 19.7. The fraction of sp³-hybridized carbons (Fsp3) is 0.167. The minimum Gasteiger partial charge on any atom is -0.478 e. The van der Waals surface area contributed by atoms with Crippen LogP contribution in [0.15, 0.2) is 76.4 Å². The summed E-state index contributed by atoms with van der Waals surface area (Å²) in [5.41, 5.74) is 1.09. The molecule has 0 aliphatic heterocycles. The monoisotopic (exact) mass is 520 g/mol. The number of ether oxygens (including phenoxy) is 1. The van der Waals surface area contributed by atoms with Crippen molar-refractivity contribution in [3.05, 3.63) is 78.2 Å². The molecule has 0 aliphatic rings. The van der Waals surface area contributed by atoms with Gasteiger partial charge in [0.25, 0.3) is 10.0 Å². The summed E-state index contributed by atoms with van der Waals surface area (Å²) < 4.78 is 75.5. The highest BCUT2D eigenvalue weighted by Gasteiger charge is 2.32. The van der Waals surface area contributed by atoms with Crippen molar-refractivity contribution < 1.29 is 40.6 Å². The third-order valence-corrected chi connectivity index (χ3v) is 7.02. The predicted octanol–water partition coefficient (Wildman–Crippen LogP) is 6.08. The van der Waals surface area contributed by atoms with Crippen molar-refractivity contribution in [2.24, 2.45) is 0 Å². The van der Waals surface area contributed by atoms with Gasteiger partial charge in [0.1, 0.15) is 11.3 Å². The molecule has 0 fully saturated rings. The number of hydrogen-bond acceptors (Lipinski definition) is 6. The molecule has 12 heteroatoms. The molecule has 36 heavy (non-hydrogen) atoms. The van der Waals surface area contributed by atoms with Crippen LogP contribution in [0.1, 0.15) is 35.7 Å². The highest BCUT2D eigenvalue weighted by molar-refractivity contribution is 7.93. The lowest BCUT2D eigenvalue weighted by Crippen LogP contribution is -2.27. The molecule has 0 saturated heterocycles. The first-order valence-corrected chi connectivity index (χ1v) is 11.9. The Bertz CT molecular complexity index is 1530. The molecule has 0 atom stereocenters. The van der Waals surface area contributed by atoms with E-state index < -0.39 is 28.1 Å². The van der Waals surface area contributed by atoms with Crippen molar-refractivity contribution in [3.63, 3.8) is 0 Å². The Kier molecular flexibility index (Phi) is 6.39. The number of carbonyl (C=O) groups is 1. The maximum atomic E-state index is 13.9. The van der Waals surface area contributed by atoms with Gasteiger partial charge in [-0.1, -0.05) is 19.9 Å². The van der Waals surface area contributed by atoms with Crippen LogP contribution in [0.2, 0.25) is 0 Å². The molecule has 0 saturated carbocycles. The van der Waals surface area contributed by atoms with Gasteiger partial charge in [-0.05, 0) is 66.1 Å². The molecule has 0 aliphatic carbocycles. The van der Waals surface area contributed by atoms with Crippen molar-refractivity contribution in [3.8, 4) is 5.75 Å². The van der Waals surface area contributed by atoms with Gasteiger partial charge >= 0.3 is 12.3 Å². The van der Waals surface area contributed by atoms with E-state index in [1.54, 1.807) is 13.8 Å². The Balaban J connectivity index is 1.88. The van der Waals surface area contributed by atoms with Crippen LogP contribution < -0.4 is 9.04 Å². The van der Waals surface area contributed by atoms with E-state index in [-0.39, 0.29) is 27.8 Å². The quantitative estimate of drug-likeness (QED) is 0.315. The fourth-order valence-corrected chi connectivity index (χ4v) is 5.18. The van der Waals surface area contributed by atoms with Crippen LogP contribution >= 0.6 is 0 Å². The molecule has 188 valence electrons. The number of nitrogens with zero attached hydrogens (tertiary/aromatic N) is 2. The molecule has 1 aromatic heterocycles. The van der Waals surface area contributed by atoms with Crippen molar-refractivity contribution in [2.75, 3.05) is 4.31 Å². The van der Waals surface area contributed by atoms with E-state index in [2.05, 4.69) is 9.72 Å². The van der Waals surface area contributed by atoms with Crippen LogP contribution in [0.4, 0.5) is 24.5 Å². The minimum atomic E-state index is -4.92. The number of hydrogen-bond donors (Lipinski definition) is 1. The molecule has 4 aromatic rings. The average Bonchev–Trinajstić information content (AvgIpc) is 3.27. The SMILES string of the molecule is CC(C)c1ccc(S(=O)(=O)N(c2ccc(OC(F)(F)F)cc2)c2ccc3ocnc3c2)cc1C(=O)O. The molecule has 0 bridgehead atoms. The number of sulfonamides is 1. The van der Waals surface area contributed by atoms with Crippen LogP contribution in [0.5, 0.6) is 5.75 Å². The molecule has 1 heterocycles. The van der Waals surface area contributed by atoms with E-state index in [1.807, 2.05) is 0 Å². The number of aromatic nitrogens is 1. The molecule has 0 spiro atoms. The van der Waals surface area contributed by atoms with Crippen LogP contribution in [-0.4, -0.2) is 30.8 Å². The summed E-state index contributed by atoms with van der Waals surface area (Å²) in [4.78, 5) is 15.6. The number of anilines is 2. The summed E-state index contributed by atoms with van der Waals surface area (Å²) in [5.74, 6) is -2.01. The Morgan fingerprint density at radius 2 is 1.69 bits per heavy atom. The van der Waals surface area contributed by atoms with Crippen LogP contribution in [0.25, 0.3) is 11.1 Å². The highest BCUT2D eigenvalue weighted by atomic mass is 32.2. The molecule has 1 N–H and O–H groups in total. The third kappa shape index (κ3) is 4.98. The second-order valence-electron chi connectivity index (χ2n) is 8.02. The van der Waals surface area contributed by atoms with Crippen molar-refractivity contribution in [2.45, 2.75) is 31.0 Å². The Morgan fingerprint density at radius 1 is 1.03 bits per heavy atom. The Morgan fingerprint density at radius 3 is 2.31 bits per heavy atom. The first-order valence-electron chi connectivity index (χ1n) is 10.5. The topological polar surface area (TPSA) is 110 Å². The third-order valence-electron chi connectivity index (χ3n) is 5.27. The van der Waals surface area contributed by atoms with Gasteiger partial charge in [0.05, 0.1) is 21.8 Å². The maximum Gasteiger partial charge on any atom is 0.573 e. The maximum absolute atomic E-state index is 13.9. The van der Waals surface area contributed by atoms with Gasteiger partial charge in [-0.2, -0.15) is 0 Å². The summed E-state index contributed by atoms with van der Waals surface area (Å²) in [5, 5.41) is 9.66. The number of oxazole rings is 1. The van der Waals surface area contributed by atoms with Gasteiger partial charge in [-0.3, -0.25) is 0 Å². The van der Waals surface area contributed by atoms with Crippen molar-refractivity contribution in [1.29, 1.82) is 0 Å². The number of rotatable bonds is 7. The number of alkyl halides is 3. The van der Waals surface area contributed by atoms with E-state index in [0.717, 1.165) is 34.6 Å². The van der Waals surface area contributed by atoms with Gasteiger partial charge in [0, 0.05) is 0 Å². The van der Waals surface area contributed by atoms with Gasteiger partial charge < -0.3 is 14.3 Å². The van der Waals surface area contributed by atoms with Crippen molar-refractivity contribution >= 4 is 38.5 Å². The fourth-order valence-electron chi connectivity index (χ4n) is 3.67. The van der Waals surface area contributed by atoms with Gasteiger partial charge in [-0.15, -0.1) is 13.2 Å². The number of carboxylic acids is 1. The molecule has 4 rings (SSSR count). The average molecular weight is 520 g/mol. The van der Waals surface area contributed by atoms with Crippen LogP contribution in [0, 0.1) is 0 Å². The lowest BCUT2D eigenvalue weighted by atomic mass is 9.97. The number of carboxylic acid groups (broad SMARTS) is 1. The summed E-state index contributed by atoms with van der Waals surface area (Å²) in [6, 6.07) is 12.4. The van der Waals surface area contributed by atoms with Crippen LogP contribution in [-0.2, 0) is 10.0 Å². The summed E-state index contributed by atoms with van der Waals surface area (Å²) in [6.45, 7) is 3.56. The summed E-state index contributed by atoms with van der Waals surface area (Å²) >= 11 is 0. The Hall–Kier alpha value is -4.06. The smallest absolute Gasteiger partial charge is 0.478 e. The molecule has 0 amide bonds. The van der Waals surface area contributed by atoms with E-state index >= 15 is 0 Å². The molecular weight excluding hydrogens is 501 g/mol. The molecule has 0 radical (unpaired) electrons. The van der Waals surface area contributed by atoms with E-state index in [1.165, 1.54) is 36.7 Å². The molecule has 0 unspecified atom stereocenters. The standard InChI is InChI=1S/C24H19F3N2O6S/c1-14(2)19-9-8-18(12-20(19)23(30)31)36(32,33)29(16-5-10-22-21(11-16)28-13-34-22)15-3-6-17(7-4-15)35-24(25,26)27/h3-14H,1-2H3,(H,30,31). The highest BCUT2D eigenvalue weighted by Crippen LogP contribution is 2.36. The first-order chi connectivity index (χ1) is 16.9. The first kappa shape index (κ1) is 25.0. The second-order valence-corrected chi connectivity index (χ2v) is 9.81. The number of halogens is 3. The molecule has 8 nitrogen and oxygen atoms in total.